The van der Waals surface area contributed by atoms with Gasteiger partial charge in [0.05, 0.1) is 11.3 Å². The molecule has 3 heterocycles. The van der Waals surface area contributed by atoms with E-state index in [2.05, 4.69) is 50.6 Å². The fourth-order valence-electron chi connectivity index (χ4n) is 5.21. The van der Waals surface area contributed by atoms with Gasteiger partial charge in [-0.15, -0.1) is 0 Å². The molecule has 0 radical (unpaired) electrons. The molecule has 2 aromatic heterocycles. The lowest BCUT2D eigenvalue weighted by atomic mass is 9.94. The van der Waals surface area contributed by atoms with Crippen molar-refractivity contribution in [2.75, 3.05) is 24.2 Å². The van der Waals surface area contributed by atoms with Crippen molar-refractivity contribution in [3.8, 4) is 11.3 Å². The number of hydrogen-bond acceptors (Lipinski definition) is 7. The summed E-state index contributed by atoms with van der Waals surface area (Å²) in [5.74, 6) is 0.326. The molecule has 2 N–H and O–H groups in total. The molecule has 8 nitrogen and oxygen atoms in total. The van der Waals surface area contributed by atoms with E-state index in [0.29, 0.717) is 18.3 Å². The molecule has 0 spiro atoms. The lowest BCUT2D eigenvalue weighted by molar-refractivity contribution is 0.0883. The second-order valence-corrected chi connectivity index (χ2v) is 12.6. The fraction of sp³-hybridized carbons (Fsp3) is 0.393. The maximum atomic E-state index is 13.8. The van der Waals surface area contributed by atoms with Gasteiger partial charge in [-0.2, -0.15) is 0 Å². The highest BCUT2D eigenvalue weighted by Crippen LogP contribution is 2.39. The van der Waals surface area contributed by atoms with Gasteiger partial charge in [-0.1, -0.05) is 45.0 Å². The summed E-state index contributed by atoms with van der Waals surface area (Å²) in [7, 11) is -2.98. The maximum Gasteiger partial charge on any atom is 0.271 e. The summed E-state index contributed by atoms with van der Waals surface area (Å²) in [4.78, 5) is 24.6. The predicted octanol–water partition coefficient (Wildman–Crippen LogP) is 4.93. The van der Waals surface area contributed by atoms with E-state index in [9.17, 15) is 13.2 Å². The number of rotatable bonds is 6. The van der Waals surface area contributed by atoms with Gasteiger partial charge in [-0.05, 0) is 61.9 Å². The van der Waals surface area contributed by atoms with E-state index < -0.39 is 15.9 Å². The second kappa shape index (κ2) is 9.78. The van der Waals surface area contributed by atoms with Gasteiger partial charge in [0.2, 0.25) is 0 Å². The number of aromatic nitrogens is 2. The molecule has 1 fully saturated rings. The summed E-state index contributed by atoms with van der Waals surface area (Å²) < 4.78 is 27.4. The third-order valence-electron chi connectivity index (χ3n) is 7.02. The van der Waals surface area contributed by atoms with E-state index in [4.69, 9.17) is 10.7 Å². The van der Waals surface area contributed by atoms with Crippen LogP contribution >= 0.6 is 0 Å². The maximum absolute atomic E-state index is 13.8. The summed E-state index contributed by atoms with van der Waals surface area (Å²) in [5, 5.41) is 0. The van der Waals surface area contributed by atoms with Crippen LogP contribution in [0, 0.1) is 5.92 Å². The smallest absolute Gasteiger partial charge is 0.271 e. The number of nitrogens with two attached hydrogens (primary N) is 1. The lowest BCUT2D eigenvalue weighted by Crippen LogP contribution is -2.41. The predicted molar refractivity (Wildman–Crippen MR) is 147 cm³/mol. The average molecular weight is 522 g/mol. The van der Waals surface area contributed by atoms with Crippen molar-refractivity contribution in [1.29, 1.82) is 0 Å². The first-order chi connectivity index (χ1) is 17.3. The Morgan fingerprint density at radius 2 is 1.84 bits per heavy atom. The molecule has 1 aliphatic heterocycles. The molecular formula is C28H35N5O3S. The molecule has 0 saturated carbocycles. The minimum absolute atomic E-state index is 0.157. The van der Waals surface area contributed by atoms with Crippen molar-refractivity contribution in [2.24, 2.45) is 5.92 Å². The Morgan fingerprint density at radius 3 is 2.46 bits per heavy atom. The average Bonchev–Trinajstić information content (AvgIpc) is 3.14. The van der Waals surface area contributed by atoms with Gasteiger partial charge in [0.15, 0.2) is 0 Å². The molecule has 1 amide bonds. The first-order valence-corrected chi connectivity index (χ1v) is 13.9. The molecule has 0 bridgehead atoms. The van der Waals surface area contributed by atoms with Crippen LogP contribution in [-0.4, -0.2) is 47.7 Å². The Morgan fingerprint density at radius 1 is 1.14 bits per heavy atom. The molecular weight excluding hydrogens is 486 g/mol. The van der Waals surface area contributed by atoms with Gasteiger partial charge in [-0.25, -0.2) is 22.7 Å². The standard InChI is InChI=1S/C28H35N5O3S/c1-18(2)20-10-7-8-11-21(20)23-14-13-22(26(31-23)33-17-19(3)16-28(33,4)5)27(34)32(6)37(35,36)24-12-9-15-30-25(24)29/h7-15,18-19H,16-17H2,1-6H3,(H2,29,30)/t19-/m0/s1. The van der Waals surface area contributed by atoms with E-state index in [-0.39, 0.29) is 27.7 Å². The van der Waals surface area contributed by atoms with E-state index in [1.807, 2.05) is 18.2 Å². The van der Waals surface area contributed by atoms with Gasteiger partial charge in [0.1, 0.15) is 16.5 Å². The Balaban J connectivity index is 1.86. The van der Waals surface area contributed by atoms with Gasteiger partial charge in [-0.3, -0.25) is 4.79 Å². The van der Waals surface area contributed by atoms with Crippen molar-refractivity contribution < 1.29 is 13.2 Å². The normalized spacial score (nSPS) is 17.3. The van der Waals surface area contributed by atoms with E-state index in [0.717, 1.165) is 27.5 Å². The number of benzene rings is 1. The lowest BCUT2D eigenvalue weighted by Gasteiger charge is -2.34. The molecule has 1 atom stereocenters. The zero-order valence-corrected chi connectivity index (χ0v) is 23.1. The van der Waals surface area contributed by atoms with Crippen LogP contribution in [0.3, 0.4) is 0 Å². The quantitative estimate of drug-likeness (QED) is 0.489. The molecule has 9 heteroatoms. The number of amides is 1. The number of nitrogen functional groups attached to an aromatic ring is 1. The minimum atomic E-state index is -4.23. The van der Waals surface area contributed by atoms with Crippen LogP contribution in [0.4, 0.5) is 11.6 Å². The van der Waals surface area contributed by atoms with Crippen molar-refractivity contribution in [2.45, 2.75) is 57.4 Å². The number of carbonyl (C=O) groups excluding carboxylic acids is 1. The molecule has 0 aliphatic carbocycles. The van der Waals surface area contributed by atoms with Crippen molar-refractivity contribution >= 4 is 27.6 Å². The topological polar surface area (TPSA) is 109 Å². The molecule has 3 aromatic rings. The van der Waals surface area contributed by atoms with Crippen LogP contribution in [0.2, 0.25) is 0 Å². The molecule has 1 aromatic carbocycles. The molecule has 4 rings (SSSR count). The second-order valence-electron chi connectivity index (χ2n) is 10.7. The number of carbonyl (C=O) groups is 1. The number of anilines is 2. The third kappa shape index (κ3) is 4.92. The van der Waals surface area contributed by atoms with Gasteiger partial charge >= 0.3 is 0 Å². The van der Waals surface area contributed by atoms with Crippen molar-refractivity contribution in [3.05, 3.63) is 65.9 Å². The fourth-order valence-corrected chi connectivity index (χ4v) is 6.39. The monoisotopic (exact) mass is 521 g/mol. The van der Waals surface area contributed by atoms with Crippen LogP contribution in [0.1, 0.15) is 62.9 Å². The Bertz CT molecular complexity index is 1440. The summed E-state index contributed by atoms with van der Waals surface area (Å²) >= 11 is 0. The van der Waals surface area contributed by atoms with E-state index >= 15 is 0 Å². The molecule has 0 unspecified atom stereocenters. The van der Waals surface area contributed by atoms with Crippen molar-refractivity contribution in [1.82, 2.24) is 14.3 Å². The summed E-state index contributed by atoms with van der Waals surface area (Å²) in [5.41, 5.74) is 8.69. The number of nitrogens with zero attached hydrogens (tertiary/aromatic N) is 4. The molecule has 1 saturated heterocycles. The van der Waals surface area contributed by atoms with Crippen LogP contribution in [0.5, 0.6) is 0 Å². The van der Waals surface area contributed by atoms with E-state index in [1.165, 1.54) is 25.4 Å². The van der Waals surface area contributed by atoms with Gasteiger partial charge in [0.25, 0.3) is 15.9 Å². The highest BCUT2D eigenvalue weighted by Gasteiger charge is 2.40. The van der Waals surface area contributed by atoms with Crippen LogP contribution in [-0.2, 0) is 10.0 Å². The first-order valence-electron chi connectivity index (χ1n) is 12.5. The third-order valence-corrected chi connectivity index (χ3v) is 8.81. The van der Waals surface area contributed by atoms with Crippen LogP contribution < -0.4 is 10.6 Å². The van der Waals surface area contributed by atoms with Crippen molar-refractivity contribution in [3.63, 3.8) is 0 Å². The first kappa shape index (κ1) is 26.6. The van der Waals surface area contributed by atoms with Crippen LogP contribution in [0.15, 0.2) is 59.6 Å². The zero-order valence-electron chi connectivity index (χ0n) is 22.3. The molecule has 37 heavy (non-hydrogen) atoms. The number of hydrogen-bond donors (Lipinski definition) is 1. The van der Waals surface area contributed by atoms with Gasteiger partial charge < -0.3 is 10.6 Å². The Hall–Kier alpha value is -3.46. The Labute approximate surface area is 219 Å². The summed E-state index contributed by atoms with van der Waals surface area (Å²) in [6.07, 6.45) is 2.33. The minimum Gasteiger partial charge on any atom is -0.383 e. The summed E-state index contributed by atoms with van der Waals surface area (Å²) in [6.45, 7) is 11.4. The number of pyridine rings is 2. The number of sulfonamides is 1. The molecule has 1 aliphatic rings. The Kier molecular flexibility index (Phi) is 7.03. The van der Waals surface area contributed by atoms with E-state index in [1.54, 1.807) is 12.1 Å². The van der Waals surface area contributed by atoms with Crippen LogP contribution in [0.25, 0.3) is 11.3 Å². The zero-order chi connectivity index (χ0) is 27.1. The largest absolute Gasteiger partial charge is 0.383 e. The SMILES string of the molecule is CC(C)c1ccccc1-c1ccc(C(=O)N(C)S(=O)(=O)c2cccnc2N)c(N2C[C@@H](C)CC2(C)C)n1. The van der Waals surface area contributed by atoms with Gasteiger partial charge in [0, 0.05) is 30.9 Å². The molecule has 196 valence electrons. The summed E-state index contributed by atoms with van der Waals surface area (Å²) in [6, 6.07) is 14.4. The highest BCUT2D eigenvalue weighted by atomic mass is 32.2. The highest BCUT2D eigenvalue weighted by molar-refractivity contribution is 7.89.